The second-order valence-corrected chi connectivity index (χ2v) is 4.06. The van der Waals surface area contributed by atoms with E-state index < -0.39 is 0 Å². The fourth-order valence-electron chi connectivity index (χ4n) is 1.42. The van der Waals surface area contributed by atoms with Gasteiger partial charge in [0.15, 0.2) is 0 Å². The Morgan fingerprint density at radius 3 is 2.40 bits per heavy atom. The van der Waals surface area contributed by atoms with Crippen LogP contribution in [0.15, 0.2) is 11.6 Å². The Kier molecular flexibility index (Phi) is 8.06. The highest BCUT2D eigenvalue weighted by atomic mass is 16.2. The molecule has 0 N–H and O–H groups in total. The van der Waals surface area contributed by atoms with Crippen LogP contribution < -0.4 is 0 Å². The molecule has 15 heavy (non-hydrogen) atoms. The molecule has 0 aliphatic rings. The van der Waals surface area contributed by atoms with Crippen LogP contribution in [0.1, 0.15) is 52.9 Å². The lowest BCUT2D eigenvalue weighted by Gasteiger charge is -2.14. The zero-order chi connectivity index (χ0) is 11.7. The summed E-state index contributed by atoms with van der Waals surface area (Å²) in [4.78, 5) is 13.4. The summed E-state index contributed by atoms with van der Waals surface area (Å²) in [5.74, 6) is 0.160. The summed E-state index contributed by atoms with van der Waals surface area (Å²) < 4.78 is 0. The van der Waals surface area contributed by atoms with Crippen molar-refractivity contribution in [3.8, 4) is 0 Å². The van der Waals surface area contributed by atoms with Crippen LogP contribution in [0.25, 0.3) is 0 Å². The SMILES string of the molecule is CCCCCCC=C(C)C(=O)N(C)CC. The van der Waals surface area contributed by atoms with Crippen LogP contribution in [0.5, 0.6) is 0 Å². The molecule has 0 aliphatic heterocycles. The van der Waals surface area contributed by atoms with E-state index in [2.05, 4.69) is 13.0 Å². The average molecular weight is 211 g/mol. The van der Waals surface area contributed by atoms with Gasteiger partial charge in [-0.25, -0.2) is 0 Å². The monoisotopic (exact) mass is 211 g/mol. The number of nitrogens with zero attached hydrogens (tertiary/aromatic N) is 1. The molecule has 0 heterocycles. The molecule has 0 spiro atoms. The van der Waals surface area contributed by atoms with Gasteiger partial charge in [-0.2, -0.15) is 0 Å². The standard InChI is InChI=1S/C13H25NO/c1-5-7-8-9-10-11-12(3)13(15)14(4)6-2/h11H,5-10H2,1-4H3. The molecule has 0 aliphatic carbocycles. The van der Waals surface area contributed by atoms with Crippen molar-refractivity contribution in [2.75, 3.05) is 13.6 Å². The minimum atomic E-state index is 0.160. The number of unbranched alkanes of at least 4 members (excludes halogenated alkanes) is 4. The van der Waals surface area contributed by atoms with Gasteiger partial charge in [0.25, 0.3) is 0 Å². The molecule has 0 rings (SSSR count). The van der Waals surface area contributed by atoms with Crippen LogP contribution in [0, 0.1) is 0 Å². The Morgan fingerprint density at radius 1 is 1.20 bits per heavy atom. The number of hydrogen-bond donors (Lipinski definition) is 0. The Morgan fingerprint density at radius 2 is 1.87 bits per heavy atom. The third-order valence-electron chi connectivity index (χ3n) is 2.67. The predicted octanol–water partition coefficient (Wildman–Crippen LogP) is 3.38. The first kappa shape index (κ1) is 14.2. The van der Waals surface area contributed by atoms with Gasteiger partial charge < -0.3 is 4.90 Å². The highest BCUT2D eigenvalue weighted by Gasteiger charge is 2.07. The van der Waals surface area contributed by atoms with Crippen molar-refractivity contribution in [3.05, 3.63) is 11.6 Å². The summed E-state index contributed by atoms with van der Waals surface area (Å²) in [5, 5.41) is 0. The lowest BCUT2D eigenvalue weighted by Crippen LogP contribution is -2.26. The summed E-state index contributed by atoms with van der Waals surface area (Å²) in [6, 6.07) is 0. The fraction of sp³-hybridized carbons (Fsp3) is 0.769. The van der Waals surface area contributed by atoms with Gasteiger partial charge in [0.1, 0.15) is 0 Å². The molecule has 1 amide bonds. The zero-order valence-corrected chi connectivity index (χ0v) is 10.7. The Hall–Kier alpha value is -0.790. The maximum atomic E-state index is 11.7. The van der Waals surface area contributed by atoms with Crippen molar-refractivity contribution in [3.63, 3.8) is 0 Å². The van der Waals surface area contributed by atoms with Gasteiger partial charge in [-0.15, -0.1) is 0 Å². The van der Waals surface area contributed by atoms with Crippen LogP contribution in [-0.4, -0.2) is 24.4 Å². The summed E-state index contributed by atoms with van der Waals surface area (Å²) in [6.45, 7) is 6.89. The first-order chi connectivity index (χ1) is 7.13. The van der Waals surface area contributed by atoms with Gasteiger partial charge in [0.2, 0.25) is 5.91 Å². The number of carbonyl (C=O) groups excluding carboxylic acids is 1. The van der Waals surface area contributed by atoms with E-state index in [1.165, 1.54) is 25.7 Å². The Labute approximate surface area is 94.4 Å². The minimum Gasteiger partial charge on any atom is -0.342 e. The second kappa shape index (κ2) is 8.51. The average Bonchev–Trinajstić information content (AvgIpc) is 2.26. The molecule has 0 saturated heterocycles. The van der Waals surface area contributed by atoms with Crippen LogP contribution in [0.2, 0.25) is 0 Å². The lowest BCUT2D eigenvalue weighted by molar-refractivity contribution is -0.125. The van der Waals surface area contributed by atoms with E-state index in [9.17, 15) is 4.79 Å². The zero-order valence-electron chi connectivity index (χ0n) is 10.7. The normalized spacial score (nSPS) is 11.6. The maximum absolute atomic E-state index is 11.7. The third kappa shape index (κ3) is 6.32. The molecule has 0 fully saturated rings. The van der Waals surface area contributed by atoms with Gasteiger partial charge in [-0.1, -0.05) is 32.3 Å². The molecular formula is C13H25NO. The van der Waals surface area contributed by atoms with Gasteiger partial charge in [0, 0.05) is 19.2 Å². The fourth-order valence-corrected chi connectivity index (χ4v) is 1.42. The molecule has 0 saturated carbocycles. The van der Waals surface area contributed by atoms with Gasteiger partial charge in [0.05, 0.1) is 0 Å². The van der Waals surface area contributed by atoms with Crippen molar-refractivity contribution in [2.45, 2.75) is 52.9 Å². The Balaban J connectivity index is 3.82. The van der Waals surface area contributed by atoms with E-state index in [0.29, 0.717) is 0 Å². The molecule has 0 bridgehead atoms. The lowest BCUT2D eigenvalue weighted by atomic mass is 10.1. The number of hydrogen-bond acceptors (Lipinski definition) is 1. The molecule has 88 valence electrons. The summed E-state index contributed by atoms with van der Waals surface area (Å²) in [7, 11) is 1.84. The second-order valence-electron chi connectivity index (χ2n) is 4.06. The van der Waals surface area contributed by atoms with Crippen LogP contribution >= 0.6 is 0 Å². The molecule has 2 heteroatoms. The van der Waals surface area contributed by atoms with E-state index in [4.69, 9.17) is 0 Å². The molecule has 0 atom stereocenters. The van der Waals surface area contributed by atoms with Crippen molar-refractivity contribution in [2.24, 2.45) is 0 Å². The number of carbonyl (C=O) groups is 1. The van der Waals surface area contributed by atoms with E-state index >= 15 is 0 Å². The largest absolute Gasteiger partial charge is 0.342 e. The van der Waals surface area contributed by atoms with Crippen molar-refractivity contribution < 1.29 is 4.79 Å². The molecule has 0 aromatic rings. The van der Waals surface area contributed by atoms with E-state index in [1.807, 2.05) is 20.9 Å². The van der Waals surface area contributed by atoms with Crippen LogP contribution in [-0.2, 0) is 4.79 Å². The quantitative estimate of drug-likeness (QED) is 0.467. The third-order valence-corrected chi connectivity index (χ3v) is 2.67. The topological polar surface area (TPSA) is 20.3 Å². The number of allylic oxidation sites excluding steroid dienone is 1. The first-order valence-electron chi connectivity index (χ1n) is 6.05. The van der Waals surface area contributed by atoms with E-state index in [1.54, 1.807) is 4.90 Å². The minimum absolute atomic E-state index is 0.160. The highest BCUT2D eigenvalue weighted by Crippen LogP contribution is 2.06. The van der Waals surface area contributed by atoms with Gasteiger partial charge >= 0.3 is 0 Å². The maximum Gasteiger partial charge on any atom is 0.248 e. The van der Waals surface area contributed by atoms with E-state index in [-0.39, 0.29) is 5.91 Å². The molecule has 0 aromatic heterocycles. The summed E-state index contributed by atoms with van der Waals surface area (Å²) in [5.41, 5.74) is 0.885. The highest BCUT2D eigenvalue weighted by molar-refractivity contribution is 5.92. The van der Waals surface area contributed by atoms with Crippen molar-refractivity contribution >= 4 is 5.91 Å². The van der Waals surface area contributed by atoms with Gasteiger partial charge in [-0.05, 0) is 26.7 Å². The Bertz CT molecular complexity index is 209. The first-order valence-corrected chi connectivity index (χ1v) is 6.05. The van der Waals surface area contributed by atoms with Crippen molar-refractivity contribution in [1.82, 2.24) is 4.90 Å². The molecule has 2 nitrogen and oxygen atoms in total. The van der Waals surface area contributed by atoms with Crippen LogP contribution in [0.3, 0.4) is 0 Å². The summed E-state index contributed by atoms with van der Waals surface area (Å²) in [6.07, 6.45) is 8.15. The molecule has 0 aromatic carbocycles. The molecule has 0 unspecified atom stereocenters. The predicted molar refractivity (Wildman–Crippen MR) is 65.8 cm³/mol. The number of likely N-dealkylation sites (N-methyl/N-ethyl adjacent to an activating group) is 1. The summed E-state index contributed by atoms with van der Waals surface area (Å²) >= 11 is 0. The van der Waals surface area contributed by atoms with E-state index in [0.717, 1.165) is 18.5 Å². The van der Waals surface area contributed by atoms with Crippen LogP contribution in [0.4, 0.5) is 0 Å². The number of rotatable bonds is 7. The molecule has 0 radical (unpaired) electrons. The number of amides is 1. The van der Waals surface area contributed by atoms with Gasteiger partial charge in [-0.3, -0.25) is 4.79 Å². The smallest absolute Gasteiger partial charge is 0.248 e. The van der Waals surface area contributed by atoms with Crippen molar-refractivity contribution in [1.29, 1.82) is 0 Å². The molecular weight excluding hydrogens is 186 g/mol.